The number of carbonyl (C=O) groups excluding carboxylic acids is 1. The molecule has 122 valence electrons. The SMILES string of the molecule is O=C(CNc1ccc(SC(F)F)cc1)NCCc1ccccc1. The molecule has 2 aromatic rings. The summed E-state index contributed by atoms with van der Waals surface area (Å²) in [5, 5.41) is 5.80. The molecule has 2 aromatic carbocycles. The number of benzene rings is 2. The minimum atomic E-state index is -2.43. The number of alkyl halides is 2. The molecule has 23 heavy (non-hydrogen) atoms. The lowest BCUT2D eigenvalue weighted by Crippen LogP contribution is -2.31. The van der Waals surface area contributed by atoms with Gasteiger partial charge in [0.05, 0.1) is 6.54 Å². The van der Waals surface area contributed by atoms with Gasteiger partial charge in [0.25, 0.3) is 5.76 Å². The molecule has 2 rings (SSSR count). The van der Waals surface area contributed by atoms with Gasteiger partial charge in [-0.2, -0.15) is 8.78 Å². The van der Waals surface area contributed by atoms with Crippen LogP contribution in [0.2, 0.25) is 0 Å². The van der Waals surface area contributed by atoms with Crippen molar-refractivity contribution in [1.29, 1.82) is 0 Å². The Morgan fingerprint density at radius 1 is 1.04 bits per heavy atom. The largest absolute Gasteiger partial charge is 0.376 e. The van der Waals surface area contributed by atoms with E-state index in [1.54, 1.807) is 24.3 Å². The van der Waals surface area contributed by atoms with Crippen LogP contribution in [0.25, 0.3) is 0 Å². The number of rotatable bonds is 8. The van der Waals surface area contributed by atoms with Crippen molar-refractivity contribution in [1.82, 2.24) is 5.32 Å². The highest BCUT2D eigenvalue weighted by molar-refractivity contribution is 7.99. The molecule has 0 spiro atoms. The zero-order chi connectivity index (χ0) is 16.5. The number of thioether (sulfide) groups is 1. The fourth-order valence-electron chi connectivity index (χ4n) is 1.99. The van der Waals surface area contributed by atoms with Crippen molar-refractivity contribution in [3.05, 3.63) is 60.2 Å². The van der Waals surface area contributed by atoms with E-state index < -0.39 is 5.76 Å². The van der Waals surface area contributed by atoms with E-state index in [1.165, 1.54) is 5.56 Å². The zero-order valence-electron chi connectivity index (χ0n) is 12.5. The molecular formula is C17H18F2N2OS. The van der Waals surface area contributed by atoms with Gasteiger partial charge in [-0.1, -0.05) is 42.1 Å². The highest BCUT2D eigenvalue weighted by Crippen LogP contribution is 2.25. The topological polar surface area (TPSA) is 41.1 Å². The molecule has 0 atom stereocenters. The number of carbonyl (C=O) groups is 1. The van der Waals surface area contributed by atoms with Crippen LogP contribution in [0.5, 0.6) is 0 Å². The van der Waals surface area contributed by atoms with Crippen LogP contribution in [-0.2, 0) is 11.2 Å². The maximum Gasteiger partial charge on any atom is 0.288 e. The van der Waals surface area contributed by atoms with Gasteiger partial charge < -0.3 is 10.6 Å². The van der Waals surface area contributed by atoms with Crippen LogP contribution in [0.15, 0.2) is 59.5 Å². The smallest absolute Gasteiger partial charge is 0.288 e. The monoisotopic (exact) mass is 336 g/mol. The van der Waals surface area contributed by atoms with Crippen LogP contribution >= 0.6 is 11.8 Å². The first-order valence-electron chi connectivity index (χ1n) is 7.23. The summed E-state index contributed by atoms with van der Waals surface area (Å²) in [5.74, 6) is -2.53. The fraction of sp³-hybridized carbons (Fsp3) is 0.235. The fourth-order valence-corrected chi connectivity index (χ4v) is 2.49. The van der Waals surface area contributed by atoms with Gasteiger partial charge in [0.15, 0.2) is 0 Å². The van der Waals surface area contributed by atoms with Crippen molar-refractivity contribution >= 4 is 23.4 Å². The summed E-state index contributed by atoms with van der Waals surface area (Å²) in [6.07, 6.45) is 0.784. The summed E-state index contributed by atoms with van der Waals surface area (Å²) in [6.45, 7) is 0.727. The van der Waals surface area contributed by atoms with Crippen molar-refractivity contribution in [2.45, 2.75) is 17.1 Å². The Hall–Kier alpha value is -2.08. The lowest BCUT2D eigenvalue weighted by atomic mass is 10.1. The van der Waals surface area contributed by atoms with E-state index in [2.05, 4.69) is 10.6 Å². The molecule has 6 heteroatoms. The predicted molar refractivity (Wildman–Crippen MR) is 89.9 cm³/mol. The highest BCUT2D eigenvalue weighted by atomic mass is 32.2. The molecule has 0 aromatic heterocycles. The Balaban J connectivity index is 1.67. The van der Waals surface area contributed by atoms with E-state index in [0.29, 0.717) is 23.2 Å². The lowest BCUT2D eigenvalue weighted by molar-refractivity contribution is -0.119. The van der Waals surface area contributed by atoms with E-state index in [1.807, 2.05) is 30.3 Å². The second-order valence-electron chi connectivity index (χ2n) is 4.84. The van der Waals surface area contributed by atoms with Gasteiger partial charge in [-0.25, -0.2) is 0 Å². The average molecular weight is 336 g/mol. The zero-order valence-corrected chi connectivity index (χ0v) is 13.3. The van der Waals surface area contributed by atoms with Crippen molar-refractivity contribution in [2.75, 3.05) is 18.4 Å². The normalized spacial score (nSPS) is 10.6. The van der Waals surface area contributed by atoms with Crippen LogP contribution in [-0.4, -0.2) is 24.8 Å². The lowest BCUT2D eigenvalue weighted by Gasteiger charge is -2.08. The first-order chi connectivity index (χ1) is 11.1. The molecule has 0 bridgehead atoms. The summed E-state index contributed by atoms with van der Waals surface area (Å²) in [7, 11) is 0. The molecule has 0 fully saturated rings. The Kier molecular flexibility index (Phi) is 6.87. The summed E-state index contributed by atoms with van der Waals surface area (Å²) in [6, 6.07) is 16.5. The summed E-state index contributed by atoms with van der Waals surface area (Å²) < 4.78 is 24.4. The van der Waals surface area contributed by atoms with Gasteiger partial charge in [0.1, 0.15) is 0 Å². The number of halogens is 2. The molecule has 0 saturated carbocycles. The van der Waals surface area contributed by atoms with Gasteiger partial charge >= 0.3 is 0 Å². The Labute approximate surface area is 138 Å². The van der Waals surface area contributed by atoms with Crippen LogP contribution in [0.4, 0.5) is 14.5 Å². The Bertz CT molecular complexity index is 606. The summed E-state index contributed by atoms with van der Waals surface area (Å²) >= 11 is 0.500. The molecule has 3 nitrogen and oxygen atoms in total. The molecule has 0 heterocycles. The number of nitrogens with one attached hydrogen (secondary N) is 2. The third-order valence-corrected chi connectivity index (χ3v) is 3.83. The maximum absolute atomic E-state index is 12.2. The Morgan fingerprint density at radius 3 is 2.39 bits per heavy atom. The average Bonchev–Trinajstić information content (AvgIpc) is 2.55. The molecule has 0 saturated heterocycles. The first-order valence-corrected chi connectivity index (χ1v) is 8.11. The van der Waals surface area contributed by atoms with E-state index in [-0.39, 0.29) is 12.5 Å². The molecule has 2 N–H and O–H groups in total. The van der Waals surface area contributed by atoms with Crippen molar-refractivity contribution in [2.24, 2.45) is 0 Å². The van der Waals surface area contributed by atoms with Crippen LogP contribution < -0.4 is 10.6 Å². The first kappa shape index (κ1) is 17.3. The van der Waals surface area contributed by atoms with Gasteiger partial charge in [-0.3, -0.25) is 4.79 Å². The molecule has 0 unspecified atom stereocenters. The van der Waals surface area contributed by atoms with E-state index in [4.69, 9.17) is 0 Å². The minimum Gasteiger partial charge on any atom is -0.376 e. The van der Waals surface area contributed by atoms with Crippen molar-refractivity contribution < 1.29 is 13.6 Å². The second-order valence-corrected chi connectivity index (χ2v) is 5.91. The van der Waals surface area contributed by atoms with Gasteiger partial charge in [-0.15, -0.1) is 0 Å². The number of hydrogen-bond donors (Lipinski definition) is 2. The van der Waals surface area contributed by atoms with E-state index in [9.17, 15) is 13.6 Å². The minimum absolute atomic E-state index is 0.105. The van der Waals surface area contributed by atoms with Gasteiger partial charge in [0, 0.05) is 17.1 Å². The van der Waals surface area contributed by atoms with E-state index in [0.717, 1.165) is 12.1 Å². The van der Waals surface area contributed by atoms with Gasteiger partial charge in [0.2, 0.25) is 5.91 Å². The summed E-state index contributed by atoms with van der Waals surface area (Å²) in [4.78, 5) is 12.2. The Morgan fingerprint density at radius 2 is 1.74 bits per heavy atom. The molecular weight excluding hydrogens is 318 g/mol. The maximum atomic E-state index is 12.2. The van der Waals surface area contributed by atoms with Crippen LogP contribution in [0.3, 0.4) is 0 Å². The number of amides is 1. The van der Waals surface area contributed by atoms with Crippen molar-refractivity contribution in [3.8, 4) is 0 Å². The number of anilines is 1. The molecule has 1 amide bonds. The third-order valence-electron chi connectivity index (χ3n) is 3.11. The molecule has 0 aliphatic heterocycles. The molecule has 0 aliphatic carbocycles. The third kappa shape index (κ3) is 6.69. The quantitative estimate of drug-likeness (QED) is 0.721. The molecule has 0 aliphatic rings. The van der Waals surface area contributed by atoms with Crippen molar-refractivity contribution in [3.63, 3.8) is 0 Å². The summed E-state index contributed by atoms with van der Waals surface area (Å²) in [5.41, 5.74) is 1.90. The molecule has 0 radical (unpaired) electrons. The predicted octanol–water partition coefficient (Wildman–Crippen LogP) is 3.77. The second kappa shape index (κ2) is 9.15. The standard InChI is InChI=1S/C17H18F2N2OS/c18-17(19)23-15-8-6-14(7-9-15)21-12-16(22)20-11-10-13-4-2-1-3-5-13/h1-9,17,21H,10-12H2,(H,20,22). The van der Waals surface area contributed by atoms with Gasteiger partial charge in [-0.05, 0) is 36.2 Å². The van der Waals surface area contributed by atoms with Crippen LogP contribution in [0.1, 0.15) is 5.56 Å². The van der Waals surface area contributed by atoms with E-state index >= 15 is 0 Å². The van der Waals surface area contributed by atoms with Crippen LogP contribution in [0, 0.1) is 0 Å². The number of hydrogen-bond acceptors (Lipinski definition) is 3. The highest BCUT2D eigenvalue weighted by Gasteiger charge is 2.05.